The van der Waals surface area contributed by atoms with Gasteiger partial charge in [0, 0.05) is 0 Å². The smallest absolute Gasteiger partial charge is 0.0237 e. The molecule has 0 nitrogen and oxygen atoms in total. The molecule has 0 aromatic rings. The van der Waals surface area contributed by atoms with Crippen LogP contribution in [0.25, 0.3) is 0 Å². The summed E-state index contributed by atoms with van der Waals surface area (Å²) in [4.78, 5) is 0. The van der Waals surface area contributed by atoms with E-state index in [-0.39, 0.29) is 0 Å². The first-order valence-electron chi connectivity index (χ1n) is 8.95. The van der Waals surface area contributed by atoms with Crippen molar-refractivity contribution in [1.29, 1.82) is 0 Å². The van der Waals surface area contributed by atoms with Crippen molar-refractivity contribution in [3.8, 4) is 0 Å². The normalized spacial score (nSPS) is 16.6. The maximum Gasteiger partial charge on any atom is -0.0237 e. The molecule has 0 aliphatic rings. The molecule has 0 saturated carbocycles. The molecule has 4 atom stereocenters. The molecular weight excluding hydrogens is 240 g/mol. The van der Waals surface area contributed by atoms with Crippen molar-refractivity contribution < 1.29 is 0 Å². The topological polar surface area (TPSA) is 0 Å². The summed E-state index contributed by atoms with van der Waals surface area (Å²) in [6.45, 7) is 22.3. The van der Waals surface area contributed by atoms with E-state index in [4.69, 9.17) is 0 Å². The highest BCUT2D eigenvalue weighted by atomic mass is 14.2. The van der Waals surface area contributed by atoms with E-state index in [9.17, 15) is 0 Å². The lowest BCUT2D eigenvalue weighted by atomic mass is 9.83. The van der Waals surface area contributed by atoms with Gasteiger partial charge in [0.2, 0.25) is 0 Å². The van der Waals surface area contributed by atoms with E-state index in [1.54, 1.807) is 0 Å². The lowest BCUT2D eigenvalue weighted by Gasteiger charge is -2.23. The summed E-state index contributed by atoms with van der Waals surface area (Å²) in [5.41, 5.74) is 1.34. The Morgan fingerprint density at radius 1 is 0.800 bits per heavy atom. The van der Waals surface area contributed by atoms with Crippen molar-refractivity contribution in [1.82, 2.24) is 0 Å². The average molecular weight is 283 g/mol. The Morgan fingerprint density at radius 3 is 1.55 bits per heavy atom. The molecule has 0 fully saturated rings. The first-order chi connectivity index (χ1) is 9.29. The molecular formula is C20H42. The molecule has 0 heterocycles. The predicted octanol–water partition coefficient (Wildman–Crippen LogP) is 7.49. The molecule has 0 bridgehead atoms. The van der Waals surface area contributed by atoms with Crippen LogP contribution in [0.5, 0.6) is 0 Å². The van der Waals surface area contributed by atoms with Gasteiger partial charge in [0.1, 0.15) is 0 Å². The number of rotatable bonds is 9. The van der Waals surface area contributed by atoms with Crippen LogP contribution in [-0.2, 0) is 0 Å². The van der Waals surface area contributed by atoms with E-state index < -0.39 is 0 Å². The molecule has 0 aromatic carbocycles. The molecule has 0 heteroatoms. The van der Waals surface area contributed by atoms with Crippen LogP contribution in [0.3, 0.4) is 0 Å². The van der Waals surface area contributed by atoms with Gasteiger partial charge >= 0.3 is 0 Å². The third kappa shape index (κ3) is 12.8. The van der Waals surface area contributed by atoms with Crippen LogP contribution in [0.4, 0.5) is 0 Å². The van der Waals surface area contributed by atoms with Crippen molar-refractivity contribution in [3.05, 3.63) is 12.2 Å². The van der Waals surface area contributed by atoms with E-state index in [1.807, 2.05) is 0 Å². The summed E-state index contributed by atoms with van der Waals surface area (Å²) < 4.78 is 0. The van der Waals surface area contributed by atoms with E-state index >= 15 is 0 Å². The zero-order chi connectivity index (χ0) is 16.1. The summed E-state index contributed by atoms with van der Waals surface area (Å²) in [6, 6.07) is 0. The van der Waals surface area contributed by atoms with Gasteiger partial charge in [-0.3, -0.25) is 0 Å². The fraction of sp³-hybridized carbons (Fsp3) is 0.900. The molecule has 122 valence electrons. The predicted molar refractivity (Wildman–Crippen MR) is 96.2 cm³/mol. The summed E-state index contributed by atoms with van der Waals surface area (Å²) in [5, 5.41) is 0. The second-order valence-corrected chi connectivity index (χ2v) is 7.08. The van der Waals surface area contributed by atoms with Gasteiger partial charge in [-0.15, -0.1) is 0 Å². The van der Waals surface area contributed by atoms with Gasteiger partial charge in [-0.05, 0) is 43.4 Å². The van der Waals surface area contributed by atoms with E-state index in [1.165, 1.54) is 44.1 Å². The van der Waals surface area contributed by atoms with Gasteiger partial charge in [-0.2, -0.15) is 0 Å². The van der Waals surface area contributed by atoms with Crippen molar-refractivity contribution >= 4 is 0 Å². The van der Waals surface area contributed by atoms with Gasteiger partial charge in [0.25, 0.3) is 0 Å². The molecule has 0 aliphatic heterocycles. The number of hydrogen-bond donors (Lipinski definition) is 0. The monoisotopic (exact) mass is 282 g/mol. The molecule has 20 heavy (non-hydrogen) atoms. The molecule has 0 amide bonds. The lowest BCUT2D eigenvalue weighted by Crippen LogP contribution is -2.11. The molecule has 0 radical (unpaired) electrons. The fourth-order valence-corrected chi connectivity index (χ4v) is 2.08. The van der Waals surface area contributed by atoms with Crippen LogP contribution in [0, 0.1) is 23.7 Å². The Bertz CT molecular complexity index is 216. The largest absolute Gasteiger partial charge is 0.0999 e. The Kier molecular flexibility index (Phi) is 15.1. The number of allylic oxidation sites excluding steroid dienone is 1. The van der Waals surface area contributed by atoms with Gasteiger partial charge in [-0.25, -0.2) is 0 Å². The lowest BCUT2D eigenvalue weighted by molar-refractivity contribution is 0.300. The fourth-order valence-electron chi connectivity index (χ4n) is 2.08. The quantitative estimate of drug-likeness (QED) is 0.384. The molecule has 0 rings (SSSR count). The van der Waals surface area contributed by atoms with Crippen LogP contribution in [-0.4, -0.2) is 0 Å². The Morgan fingerprint density at radius 2 is 1.20 bits per heavy atom. The minimum absolute atomic E-state index is 0.694. The summed E-state index contributed by atoms with van der Waals surface area (Å²) in [7, 11) is 0. The zero-order valence-electron chi connectivity index (χ0n) is 15.8. The van der Waals surface area contributed by atoms with Gasteiger partial charge < -0.3 is 0 Å². The summed E-state index contributed by atoms with van der Waals surface area (Å²) in [6.07, 6.45) is 8.04. The minimum atomic E-state index is 0.694. The van der Waals surface area contributed by atoms with Crippen molar-refractivity contribution in [2.45, 2.75) is 93.9 Å². The third-order valence-electron chi connectivity index (χ3n) is 4.68. The van der Waals surface area contributed by atoms with Gasteiger partial charge in [-0.1, -0.05) is 86.3 Å². The highest BCUT2D eigenvalue weighted by molar-refractivity contribution is 4.93. The zero-order valence-corrected chi connectivity index (χ0v) is 15.8. The summed E-state index contributed by atoms with van der Waals surface area (Å²) >= 11 is 0. The Hall–Kier alpha value is -0.260. The highest BCUT2D eigenvalue weighted by Gasteiger charge is 2.14. The first-order valence-corrected chi connectivity index (χ1v) is 8.95. The van der Waals surface area contributed by atoms with Crippen molar-refractivity contribution in [2.24, 2.45) is 23.7 Å². The second-order valence-electron chi connectivity index (χ2n) is 7.08. The minimum Gasteiger partial charge on any atom is -0.0999 e. The SMILES string of the molecule is C=C(C)C(C)CCC(C)C(C)CCC(C)CC.CCC. The van der Waals surface area contributed by atoms with Gasteiger partial charge in [0.15, 0.2) is 0 Å². The van der Waals surface area contributed by atoms with Gasteiger partial charge in [0.05, 0.1) is 0 Å². The molecule has 0 aliphatic carbocycles. The van der Waals surface area contributed by atoms with E-state index in [0.717, 1.165) is 17.8 Å². The first kappa shape index (κ1) is 22.0. The maximum absolute atomic E-state index is 4.05. The van der Waals surface area contributed by atoms with E-state index in [2.05, 4.69) is 62.0 Å². The van der Waals surface area contributed by atoms with Crippen LogP contribution >= 0.6 is 0 Å². The average Bonchev–Trinajstić information content (AvgIpc) is 2.41. The van der Waals surface area contributed by atoms with Crippen LogP contribution in [0.2, 0.25) is 0 Å². The third-order valence-corrected chi connectivity index (χ3v) is 4.68. The molecule has 0 N–H and O–H groups in total. The van der Waals surface area contributed by atoms with Crippen LogP contribution < -0.4 is 0 Å². The van der Waals surface area contributed by atoms with Crippen molar-refractivity contribution in [2.75, 3.05) is 0 Å². The number of hydrogen-bond acceptors (Lipinski definition) is 0. The van der Waals surface area contributed by atoms with E-state index in [0.29, 0.717) is 5.92 Å². The molecule has 0 aromatic heterocycles. The summed E-state index contributed by atoms with van der Waals surface area (Å²) in [5.74, 6) is 3.33. The van der Waals surface area contributed by atoms with Crippen LogP contribution in [0.1, 0.15) is 93.9 Å². The van der Waals surface area contributed by atoms with Crippen molar-refractivity contribution in [3.63, 3.8) is 0 Å². The molecule has 4 unspecified atom stereocenters. The van der Waals surface area contributed by atoms with Crippen LogP contribution in [0.15, 0.2) is 12.2 Å². The Labute approximate surface area is 130 Å². The molecule has 0 saturated heterocycles. The standard InChI is InChI=1S/C17H34.C3H8/c1-8-14(4)9-10-16(6)17(7)12-11-15(5)13(2)3;1-3-2/h14-17H,2,8-12H2,1,3-7H3;3H2,1-2H3. The second kappa shape index (κ2) is 13.7. The Balaban J connectivity index is 0. The maximum atomic E-state index is 4.05. The molecule has 0 spiro atoms. The highest BCUT2D eigenvalue weighted by Crippen LogP contribution is 2.26.